The molecule has 0 aliphatic rings. The van der Waals surface area contributed by atoms with Gasteiger partial charge in [0, 0.05) is 16.8 Å². The zero-order valence-corrected chi connectivity index (χ0v) is 15.6. The molecule has 0 radical (unpaired) electrons. The average molecular weight is 344 g/mol. The minimum absolute atomic E-state index is 0.257. The van der Waals surface area contributed by atoms with Crippen LogP contribution in [0.3, 0.4) is 0 Å². The van der Waals surface area contributed by atoms with E-state index in [-0.39, 0.29) is 5.91 Å². The molecule has 0 atom stereocenters. The summed E-state index contributed by atoms with van der Waals surface area (Å²) in [5, 5.41) is 4.41. The fraction of sp³-hybridized carbons (Fsp3) is 0.368. The van der Waals surface area contributed by atoms with Crippen LogP contribution in [0.15, 0.2) is 24.3 Å². The minimum atomic E-state index is -0.257. The van der Waals surface area contributed by atoms with E-state index in [4.69, 9.17) is 14.2 Å². The number of hydrogen-bond donors (Lipinski definition) is 0. The van der Waals surface area contributed by atoms with E-state index in [0.717, 1.165) is 22.5 Å². The third-order valence-electron chi connectivity index (χ3n) is 4.02. The molecule has 0 spiro atoms. The van der Waals surface area contributed by atoms with Crippen LogP contribution in [0.25, 0.3) is 0 Å². The molecule has 25 heavy (non-hydrogen) atoms. The molecule has 0 N–H and O–H groups in total. The first-order valence-corrected chi connectivity index (χ1v) is 7.88. The number of aryl methyl sites for hydroxylation is 1. The molecular formula is C19H24N2O4. The highest BCUT2D eigenvalue weighted by Gasteiger charge is 2.21. The molecule has 2 rings (SSSR count). The normalized spacial score (nSPS) is 10.5. The summed E-state index contributed by atoms with van der Waals surface area (Å²) >= 11 is 0. The van der Waals surface area contributed by atoms with Crippen LogP contribution in [-0.4, -0.2) is 37.0 Å². The maximum Gasteiger partial charge on any atom is 0.278 e. The van der Waals surface area contributed by atoms with Crippen molar-refractivity contribution in [2.24, 2.45) is 0 Å². The molecule has 0 aliphatic carbocycles. The molecule has 134 valence electrons. The molecular weight excluding hydrogens is 320 g/mol. The second kappa shape index (κ2) is 7.42. The Morgan fingerprint density at radius 2 is 1.68 bits per heavy atom. The molecule has 6 heteroatoms. The van der Waals surface area contributed by atoms with E-state index in [1.54, 1.807) is 12.1 Å². The zero-order valence-electron chi connectivity index (χ0n) is 15.6. The third-order valence-corrected chi connectivity index (χ3v) is 4.02. The molecule has 6 nitrogen and oxygen atoms in total. The first kappa shape index (κ1) is 18.6. The maximum absolute atomic E-state index is 13.0. The third kappa shape index (κ3) is 3.52. The Hall–Kier alpha value is -2.76. The highest BCUT2D eigenvalue weighted by atomic mass is 16.5. The number of ether oxygens (including phenoxy) is 3. The van der Waals surface area contributed by atoms with Gasteiger partial charge in [0.15, 0.2) is 11.5 Å². The lowest BCUT2D eigenvalue weighted by molar-refractivity contribution is 0.0941. The van der Waals surface area contributed by atoms with Gasteiger partial charge in [0.1, 0.15) is 0 Å². The number of methoxy groups -OCH3 is 3. The van der Waals surface area contributed by atoms with Gasteiger partial charge in [-0.05, 0) is 39.3 Å². The Bertz CT molecular complexity index is 796. The Morgan fingerprint density at radius 3 is 2.12 bits per heavy atom. The molecule has 1 aromatic heterocycles. The summed E-state index contributed by atoms with van der Waals surface area (Å²) in [5.41, 5.74) is 4.07. The summed E-state index contributed by atoms with van der Waals surface area (Å²) in [7, 11) is 4.55. The summed E-state index contributed by atoms with van der Waals surface area (Å²) in [4.78, 5) is 13.0. The van der Waals surface area contributed by atoms with Gasteiger partial charge >= 0.3 is 0 Å². The number of nitrogens with zero attached hydrogens (tertiary/aromatic N) is 2. The van der Waals surface area contributed by atoms with E-state index in [9.17, 15) is 4.79 Å². The van der Waals surface area contributed by atoms with E-state index >= 15 is 0 Å². The summed E-state index contributed by atoms with van der Waals surface area (Å²) < 4.78 is 17.3. The van der Waals surface area contributed by atoms with E-state index in [2.05, 4.69) is 11.7 Å². The Kier molecular flexibility index (Phi) is 5.51. The van der Waals surface area contributed by atoms with Crippen molar-refractivity contribution in [3.8, 4) is 17.2 Å². The van der Waals surface area contributed by atoms with Crippen LogP contribution in [0.2, 0.25) is 0 Å². The highest BCUT2D eigenvalue weighted by molar-refractivity contribution is 5.97. The highest BCUT2D eigenvalue weighted by Crippen LogP contribution is 2.38. The number of hydrogen-bond acceptors (Lipinski definition) is 5. The second-order valence-electron chi connectivity index (χ2n) is 5.91. The van der Waals surface area contributed by atoms with Crippen LogP contribution in [0.5, 0.6) is 17.2 Å². The van der Waals surface area contributed by atoms with Crippen molar-refractivity contribution >= 4 is 5.91 Å². The van der Waals surface area contributed by atoms with E-state index in [0.29, 0.717) is 29.2 Å². The van der Waals surface area contributed by atoms with E-state index in [1.807, 2.05) is 20.8 Å². The van der Waals surface area contributed by atoms with Crippen molar-refractivity contribution in [3.05, 3.63) is 46.8 Å². The van der Waals surface area contributed by atoms with Gasteiger partial charge in [0.05, 0.1) is 27.0 Å². The summed E-state index contributed by atoms with van der Waals surface area (Å²) in [6, 6.07) is 3.25. The van der Waals surface area contributed by atoms with Gasteiger partial charge in [-0.1, -0.05) is 12.2 Å². The Labute approximate surface area is 148 Å². The van der Waals surface area contributed by atoms with Crippen LogP contribution >= 0.6 is 0 Å². The number of aromatic nitrogens is 2. The summed E-state index contributed by atoms with van der Waals surface area (Å²) in [6.07, 6.45) is 0.695. The van der Waals surface area contributed by atoms with Crippen molar-refractivity contribution < 1.29 is 19.0 Å². The lowest BCUT2D eigenvalue weighted by Gasteiger charge is -2.14. The molecule has 0 saturated heterocycles. The number of allylic oxidation sites excluding steroid dienone is 1. The largest absolute Gasteiger partial charge is 0.493 e. The average Bonchev–Trinajstić information content (AvgIpc) is 2.87. The SMILES string of the molecule is C=C(C)Cc1c(C)nn(C(=O)c2cc(OC)c(OC)c(OC)c2)c1C. The first-order chi connectivity index (χ1) is 11.8. The minimum Gasteiger partial charge on any atom is -0.493 e. The number of benzene rings is 1. The first-order valence-electron chi connectivity index (χ1n) is 7.88. The van der Waals surface area contributed by atoms with Crippen molar-refractivity contribution in [1.29, 1.82) is 0 Å². The number of carbonyl (C=O) groups excluding carboxylic acids is 1. The van der Waals surface area contributed by atoms with Gasteiger partial charge in [-0.2, -0.15) is 5.10 Å². The fourth-order valence-electron chi connectivity index (χ4n) is 2.76. The van der Waals surface area contributed by atoms with Gasteiger partial charge in [0.2, 0.25) is 5.75 Å². The standard InChI is InChI=1S/C19H24N2O4/c1-11(2)8-15-12(3)20-21(13(15)4)19(22)14-9-16(23-5)18(25-7)17(10-14)24-6/h9-10H,1,8H2,2-7H3. The smallest absolute Gasteiger partial charge is 0.278 e. The maximum atomic E-state index is 13.0. The Morgan fingerprint density at radius 1 is 1.12 bits per heavy atom. The topological polar surface area (TPSA) is 62.6 Å². The van der Waals surface area contributed by atoms with Gasteiger partial charge < -0.3 is 14.2 Å². The fourth-order valence-corrected chi connectivity index (χ4v) is 2.76. The molecule has 0 unspecified atom stereocenters. The van der Waals surface area contributed by atoms with Gasteiger partial charge in [-0.25, -0.2) is 4.68 Å². The van der Waals surface area contributed by atoms with E-state index < -0.39 is 0 Å². The van der Waals surface area contributed by atoms with Crippen molar-refractivity contribution in [2.75, 3.05) is 21.3 Å². The molecule has 1 aromatic carbocycles. The molecule has 0 amide bonds. The Balaban J connectivity index is 2.53. The summed E-state index contributed by atoms with van der Waals surface area (Å²) in [5.74, 6) is 1.04. The number of rotatable bonds is 6. The second-order valence-corrected chi connectivity index (χ2v) is 5.91. The predicted octanol–water partition coefficient (Wildman–Crippen LogP) is 3.33. The van der Waals surface area contributed by atoms with Crippen molar-refractivity contribution in [2.45, 2.75) is 27.2 Å². The van der Waals surface area contributed by atoms with Gasteiger partial charge in [-0.15, -0.1) is 0 Å². The quantitative estimate of drug-likeness (QED) is 0.752. The van der Waals surface area contributed by atoms with Crippen LogP contribution in [0.4, 0.5) is 0 Å². The van der Waals surface area contributed by atoms with Crippen molar-refractivity contribution in [1.82, 2.24) is 9.78 Å². The molecule has 1 heterocycles. The molecule has 0 bridgehead atoms. The zero-order chi connectivity index (χ0) is 18.7. The van der Waals surface area contributed by atoms with Crippen LogP contribution < -0.4 is 14.2 Å². The monoisotopic (exact) mass is 344 g/mol. The van der Waals surface area contributed by atoms with Crippen molar-refractivity contribution in [3.63, 3.8) is 0 Å². The molecule has 0 fully saturated rings. The van der Waals surface area contributed by atoms with Gasteiger partial charge in [-0.3, -0.25) is 4.79 Å². The number of carbonyl (C=O) groups is 1. The molecule has 0 aliphatic heterocycles. The molecule has 2 aromatic rings. The van der Waals surface area contributed by atoms with E-state index in [1.165, 1.54) is 26.0 Å². The summed E-state index contributed by atoms with van der Waals surface area (Å²) in [6.45, 7) is 9.67. The lowest BCUT2D eigenvalue weighted by Crippen LogP contribution is -2.16. The van der Waals surface area contributed by atoms with Crippen LogP contribution in [-0.2, 0) is 6.42 Å². The van der Waals surface area contributed by atoms with Crippen LogP contribution in [0.1, 0.15) is 34.2 Å². The van der Waals surface area contributed by atoms with Gasteiger partial charge in [0.25, 0.3) is 5.91 Å². The lowest BCUT2D eigenvalue weighted by atomic mass is 10.1. The van der Waals surface area contributed by atoms with Crippen LogP contribution in [0, 0.1) is 13.8 Å². The predicted molar refractivity (Wildman–Crippen MR) is 96.0 cm³/mol. The molecule has 0 saturated carbocycles.